The molecule has 1 atom stereocenters. The Kier molecular flexibility index (Phi) is 3.39. The van der Waals surface area contributed by atoms with Crippen molar-refractivity contribution in [2.45, 2.75) is 13.0 Å². The lowest BCUT2D eigenvalue weighted by Crippen LogP contribution is -2.16. The molecule has 0 aliphatic rings. The first kappa shape index (κ1) is 9.85. The van der Waals surface area contributed by atoms with Crippen LogP contribution < -0.4 is 5.32 Å². The standard InChI is InChI=1S/C8H10FIN2/c1-5(11-2)7-6(10)3-4-12-8(7)9/h3-5,11H,1-2H3/t5-/m0/s1. The minimum atomic E-state index is -0.385. The highest BCUT2D eigenvalue weighted by atomic mass is 127. The third-order valence-electron chi connectivity index (χ3n) is 1.75. The zero-order chi connectivity index (χ0) is 9.14. The summed E-state index contributed by atoms with van der Waals surface area (Å²) in [5.74, 6) is -0.385. The molecule has 0 radical (unpaired) electrons. The van der Waals surface area contributed by atoms with E-state index in [0.717, 1.165) is 3.57 Å². The molecule has 0 aliphatic heterocycles. The van der Waals surface area contributed by atoms with E-state index in [9.17, 15) is 4.39 Å². The Morgan fingerprint density at radius 1 is 1.67 bits per heavy atom. The lowest BCUT2D eigenvalue weighted by atomic mass is 10.1. The van der Waals surface area contributed by atoms with Crippen LogP contribution in [0.5, 0.6) is 0 Å². The molecule has 2 nitrogen and oxygen atoms in total. The van der Waals surface area contributed by atoms with E-state index in [1.165, 1.54) is 6.20 Å². The van der Waals surface area contributed by atoms with E-state index in [4.69, 9.17) is 0 Å². The second-order valence-corrected chi connectivity index (χ2v) is 3.67. The van der Waals surface area contributed by atoms with Gasteiger partial charge in [0.15, 0.2) is 0 Å². The highest BCUT2D eigenvalue weighted by molar-refractivity contribution is 14.1. The molecule has 0 aliphatic carbocycles. The van der Waals surface area contributed by atoms with Crippen molar-refractivity contribution in [3.8, 4) is 0 Å². The Morgan fingerprint density at radius 2 is 2.33 bits per heavy atom. The molecule has 0 saturated heterocycles. The molecule has 1 heterocycles. The summed E-state index contributed by atoms with van der Waals surface area (Å²) in [6, 6.07) is 1.80. The van der Waals surface area contributed by atoms with Crippen LogP contribution in [0.2, 0.25) is 0 Å². The van der Waals surface area contributed by atoms with Gasteiger partial charge in [-0.1, -0.05) is 0 Å². The topological polar surface area (TPSA) is 24.9 Å². The zero-order valence-electron chi connectivity index (χ0n) is 6.94. The third kappa shape index (κ3) is 1.92. The largest absolute Gasteiger partial charge is 0.313 e. The smallest absolute Gasteiger partial charge is 0.218 e. The summed E-state index contributed by atoms with van der Waals surface area (Å²) in [5.41, 5.74) is 0.639. The molecule has 0 spiro atoms. The molecular formula is C8H10FIN2. The maximum Gasteiger partial charge on any atom is 0.218 e. The summed E-state index contributed by atoms with van der Waals surface area (Å²) >= 11 is 2.10. The Morgan fingerprint density at radius 3 is 2.83 bits per heavy atom. The number of nitrogens with zero attached hydrogens (tertiary/aromatic N) is 1. The second-order valence-electron chi connectivity index (χ2n) is 2.51. The van der Waals surface area contributed by atoms with Crippen LogP contribution >= 0.6 is 22.6 Å². The molecule has 0 bridgehead atoms. The van der Waals surface area contributed by atoms with Crippen LogP contribution in [-0.4, -0.2) is 12.0 Å². The summed E-state index contributed by atoms with van der Waals surface area (Å²) in [4.78, 5) is 3.60. The zero-order valence-corrected chi connectivity index (χ0v) is 9.09. The average Bonchev–Trinajstić information content (AvgIpc) is 2.03. The molecule has 1 N–H and O–H groups in total. The Labute approximate surface area is 84.7 Å². The van der Waals surface area contributed by atoms with Crippen molar-refractivity contribution in [2.75, 3.05) is 7.05 Å². The van der Waals surface area contributed by atoms with E-state index >= 15 is 0 Å². The fourth-order valence-corrected chi connectivity index (χ4v) is 1.81. The summed E-state index contributed by atoms with van der Waals surface area (Å²) < 4.78 is 14.0. The fourth-order valence-electron chi connectivity index (χ4n) is 0.956. The van der Waals surface area contributed by atoms with Crippen molar-refractivity contribution in [3.05, 3.63) is 27.3 Å². The van der Waals surface area contributed by atoms with Crippen molar-refractivity contribution in [1.29, 1.82) is 0 Å². The molecule has 12 heavy (non-hydrogen) atoms. The molecule has 1 aromatic rings. The average molecular weight is 280 g/mol. The summed E-state index contributed by atoms with van der Waals surface area (Å²) in [6.07, 6.45) is 1.48. The number of rotatable bonds is 2. The first-order valence-corrected chi connectivity index (χ1v) is 4.72. The molecule has 1 aromatic heterocycles. The highest BCUT2D eigenvalue weighted by Crippen LogP contribution is 2.20. The second kappa shape index (κ2) is 4.13. The van der Waals surface area contributed by atoms with E-state index in [1.54, 1.807) is 13.1 Å². The van der Waals surface area contributed by atoms with Crippen LogP contribution in [0.1, 0.15) is 18.5 Å². The molecule has 0 unspecified atom stereocenters. The number of hydrogen-bond acceptors (Lipinski definition) is 2. The van der Waals surface area contributed by atoms with Crippen molar-refractivity contribution < 1.29 is 4.39 Å². The van der Waals surface area contributed by atoms with Crippen molar-refractivity contribution in [1.82, 2.24) is 10.3 Å². The monoisotopic (exact) mass is 280 g/mol. The van der Waals surface area contributed by atoms with E-state index in [2.05, 4.69) is 32.9 Å². The quantitative estimate of drug-likeness (QED) is 0.663. The van der Waals surface area contributed by atoms with Gasteiger partial charge in [-0.25, -0.2) is 4.98 Å². The maximum atomic E-state index is 13.1. The first-order chi connectivity index (χ1) is 5.66. The Bertz CT molecular complexity index is 258. The van der Waals surface area contributed by atoms with Crippen LogP contribution in [0.4, 0.5) is 4.39 Å². The minimum Gasteiger partial charge on any atom is -0.313 e. The van der Waals surface area contributed by atoms with Gasteiger partial charge in [0.2, 0.25) is 5.95 Å². The third-order valence-corrected chi connectivity index (χ3v) is 2.70. The predicted molar refractivity (Wildman–Crippen MR) is 54.4 cm³/mol. The predicted octanol–water partition coefficient (Wildman–Crippen LogP) is 2.11. The lowest BCUT2D eigenvalue weighted by molar-refractivity contribution is 0.528. The number of hydrogen-bond donors (Lipinski definition) is 1. The summed E-state index contributed by atoms with van der Waals surface area (Å²) in [5, 5.41) is 2.98. The molecular weight excluding hydrogens is 270 g/mol. The number of nitrogens with one attached hydrogen (secondary N) is 1. The molecule has 0 saturated carbocycles. The van der Waals surface area contributed by atoms with Gasteiger partial charge in [-0.05, 0) is 42.6 Å². The van der Waals surface area contributed by atoms with E-state index in [1.807, 2.05) is 6.92 Å². The van der Waals surface area contributed by atoms with E-state index in [0.29, 0.717) is 5.56 Å². The van der Waals surface area contributed by atoms with Gasteiger partial charge in [0.1, 0.15) is 0 Å². The van der Waals surface area contributed by atoms with Crippen LogP contribution in [0.25, 0.3) is 0 Å². The van der Waals surface area contributed by atoms with Crippen LogP contribution in [0.15, 0.2) is 12.3 Å². The van der Waals surface area contributed by atoms with Gasteiger partial charge in [-0.15, -0.1) is 0 Å². The SMILES string of the molecule is CN[C@@H](C)c1c(I)ccnc1F. The van der Waals surface area contributed by atoms with Gasteiger partial charge in [0.25, 0.3) is 0 Å². The van der Waals surface area contributed by atoms with Gasteiger partial charge in [-0.3, -0.25) is 0 Å². The fraction of sp³-hybridized carbons (Fsp3) is 0.375. The first-order valence-electron chi connectivity index (χ1n) is 3.64. The molecule has 1 rings (SSSR count). The van der Waals surface area contributed by atoms with Gasteiger partial charge < -0.3 is 5.32 Å². The number of halogens is 2. The van der Waals surface area contributed by atoms with Gasteiger partial charge in [0.05, 0.1) is 0 Å². The van der Waals surface area contributed by atoms with Crippen molar-refractivity contribution in [2.24, 2.45) is 0 Å². The molecule has 0 fully saturated rings. The Hall–Kier alpha value is -0.230. The Balaban J connectivity index is 3.12. The van der Waals surface area contributed by atoms with Gasteiger partial charge >= 0.3 is 0 Å². The van der Waals surface area contributed by atoms with Crippen LogP contribution in [0, 0.1) is 9.52 Å². The minimum absolute atomic E-state index is 0.00519. The number of pyridine rings is 1. The molecule has 0 amide bonds. The van der Waals surface area contributed by atoms with E-state index < -0.39 is 0 Å². The summed E-state index contributed by atoms with van der Waals surface area (Å²) in [6.45, 7) is 1.91. The van der Waals surface area contributed by atoms with Crippen LogP contribution in [0.3, 0.4) is 0 Å². The van der Waals surface area contributed by atoms with E-state index in [-0.39, 0.29) is 12.0 Å². The maximum absolute atomic E-state index is 13.1. The highest BCUT2D eigenvalue weighted by Gasteiger charge is 2.12. The summed E-state index contributed by atoms with van der Waals surface area (Å²) in [7, 11) is 1.80. The molecule has 4 heteroatoms. The van der Waals surface area contributed by atoms with Gasteiger partial charge in [-0.2, -0.15) is 4.39 Å². The van der Waals surface area contributed by atoms with Crippen molar-refractivity contribution >= 4 is 22.6 Å². The normalized spacial score (nSPS) is 13.0. The number of aromatic nitrogens is 1. The van der Waals surface area contributed by atoms with Crippen LogP contribution in [-0.2, 0) is 0 Å². The van der Waals surface area contributed by atoms with Gasteiger partial charge in [0, 0.05) is 21.4 Å². The van der Waals surface area contributed by atoms with Crippen molar-refractivity contribution in [3.63, 3.8) is 0 Å². The molecule has 0 aromatic carbocycles. The molecule has 66 valence electrons. The lowest BCUT2D eigenvalue weighted by Gasteiger charge is -2.12.